The molecule has 2 amide bonds. The second-order valence-electron chi connectivity index (χ2n) is 9.48. The van der Waals surface area contributed by atoms with Crippen LogP contribution in [0.5, 0.6) is 0 Å². The van der Waals surface area contributed by atoms with E-state index in [1.54, 1.807) is 0 Å². The van der Waals surface area contributed by atoms with Gasteiger partial charge in [0.1, 0.15) is 0 Å². The Morgan fingerprint density at radius 2 is 1.79 bits per heavy atom. The van der Waals surface area contributed by atoms with E-state index in [0.717, 1.165) is 43.4 Å². The molecule has 5 heteroatoms. The van der Waals surface area contributed by atoms with Gasteiger partial charge in [0, 0.05) is 38.0 Å². The van der Waals surface area contributed by atoms with Crippen LogP contribution in [0.1, 0.15) is 69.3 Å². The van der Waals surface area contributed by atoms with E-state index in [2.05, 4.69) is 37.9 Å². The fraction of sp³-hybridized carbons (Fsp3) is 0.667. The molecular weight excluding hydrogens is 362 g/mol. The Kier molecular flexibility index (Phi) is 6.67. The smallest absolute Gasteiger partial charge is 0.253 e. The van der Waals surface area contributed by atoms with Gasteiger partial charge in [-0.3, -0.25) is 14.9 Å². The Bertz CT molecular complexity index is 720. The number of amides is 2. The molecule has 0 aromatic heterocycles. The van der Waals surface area contributed by atoms with Crippen LogP contribution in [0, 0.1) is 18.8 Å². The fourth-order valence-corrected chi connectivity index (χ4v) is 4.57. The van der Waals surface area contributed by atoms with Gasteiger partial charge >= 0.3 is 0 Å². The third-order valence-electron chi connectivity index (χ3n) is 6.60. The van der Waals surface area contributed by atoms with E-state index >= 15 is 0 Å². The molecule has 2 aliphatic heterocycles. The van der Waals surface area contributed by atoms with Gasteiger partial charge in [-0.2, -0.15) is 0 Å². The Labute approximate surface area is 175 Å². The molecule has 1 aromatic rings. The van der Waals surface area contributed by atoms with Crippen molar-refractivity contribution in [3.05, 3.63) is 35.4 Å². The van der Waals surface area contributed by atoms with E-state index in [9.17, 15) is 9.59 Å². The lowest BCUT2D eigenvalue weighted by atomic mass is 9.94. The Hall–Kier alpha value is -1.88. The van der Waals surface area contributed by atoms with Crippen LogP contribution in [-0.2, 0) is 4.79 Å². The molecule has 2 atom stereocenters. The van der Waals surface area contributed by atoms with Crippen molar-refractivity contribution in [3.8, 4) is 0 Å². The van der Waals surface area contributed by atoms with Crippen LogP contribution in [0.15, 0.2) is 24.3 Å². The van der Waals surface area contributed by atoms with Crippen molar-refractivity contribution >= 4 is 11.8 Å². The third-order valence-corrected chi connectivity index (χ3v) is 6.60. The van der Waals surface area contributed by atoms with Gasteiger partial charge in [0.05, 0.1) is 11.7 Å². The summed E-state index contributed by atoms with van der Waals surface area (Å²) in [4.78, 5) is 30.2. The highest BCUT2D eigenvalue weighted by Gasteiger charge is 2.51. The molecule has 0 saturated carbocycles. The largest absolute Gasteiger partial charge is 0.338 e. The quantitative estimate of drug-likeness (QED) is 0.791. The van der Waals surface area contributed by atoms with E-state index in [1.165, 1.54) is 0 Å². The lowest BCUT2D eigenvalue weighted by Crippen LogP contribution is -2.60. The molecule has 3 rings (SSSR count). The minimum absolute atomic E-state index is 0.0939. The molecule has 2 heterocycles. The van der Waals surface area contributed by atoms with Crippen LogP contribution in [0.25, 0.3) is 0 Å². The number of rotatable bonds is 6. The number of carbonyl (C=O) groups is 2. The summed E-state index contributed by atoms with van der Waals surface area (Å²) >= 11 is 0. The second-order valence-corrected chi connectivity index (χ2v) is 9.48. The average Bonchev–Trinajstić information content (AvgIpc) is 2.93. The Balaban J connectivity index is 1.73. The number of nitrogens with zero attached hydrogens (tertiary/aromatic N) is 2. The van der Waals surface area contributed by atoms with E-state index < -0.39 is 0 Å². The van der Waals surface area contributed by atoms with Crippen LogP contribution in [0.4, 0.5) is 0 Å². The van der Waals surface area contributed by atoms with Crippen LogP contribution < -0.4 is 5.32 Å². The number of benzene rings is 1. The van der Waals surface area contributed by atoms with E-state index in [4.69, 9.17) is 0 Å². The number of hydrogen-bond donors (Lipinski definition) is 1. The normalized spacial score (nSPS) is 22.6. The monoisotopic (exact) mass is 399 g/mol. The predicted octanol–water partition coefficient (Wildman–Crippen LogP) is 3.82. The first kappa shape index (κ1) is 21.8. The molecule has 1 spiro atoms. The van der Waals surface area contributed by atoms with E-state index in [-0.39, 0.29) is 23.5 Å². The van der Waals surface area contributed by atoms with Crippen molar-refractivity contribution in [3.63, 3.8) is 0 Å². The SMILES string of the molecule is CC[C@H](C)CN1C(=O)[C@H](CC(C)C)NC12CCN(C(=O)c1ccc(C)cc1)CC2. The van der Waals surface area contributed by atoms with Crippen molar-refractivity contribution in [2.45, 2.75) is 72.0 Å². The highest BCUT2D eigenvalue weighted by atomic mass is 16.2. The number of carbonyl (C=O) groups excluding carboxylic acids is 2. The van der Waals surface area contributed by atoms with E-state index in [1.807, 2.05) is 36.1 Å². The van der Waals surface area contributed by atoms with Crippen LogP contribution in [-0.4, -0.2) is 53.0 Å². The number of nitrogens with one attached hydrogen (secondary N) is 1. The summed E-state index contributed by atoms with van der Waals surface area (Å²) in [5.41, 5.74) is 1.60. The maximum atomic E-state index is 13.2. The van der Waals surface area contributed by atoms with Gasteiger partial charge in [0.2, 0.25) is 5.91 Å². The summed E-state index contributed by atoms with van der Waals surface area (Å²) < 4.78 is 0. The molecule has 160 valence electrons. The molecule has 1 aromatic carbocycles. The lowest BCUT2D eigenvalue weighted by molar-refractivity contribution is -0.134. The zero-order chi connectivity index (χ0) is 21.2. The highest BCUT2D eigenvalue weighted by Crippen LogP contribution is 2.35. The molecule has 0 aliphatic carbocycles. The van der Waals surface area contributed by atoms with Crippen LogP contribution in [0.2, 0.25) is 0 Å². The van der Waals surface area contributed by atoms with Crippen molar-refractivity contribution in [1.82, 2.24) is 15.1 Å². The predicted molar refractivity (Wildman–Crippen MR) is 117 cm³/mol. The molecule has 2 aliphatic rings. The van der Waals surface area contributed by atoms with Crippen molar-refractivity contribution in [2.75, 3.05) is 19.6 Å². The molecule has 0 bridgehead atoms. The van der Waals surface area contributed by atoms with Gasteiger partial charge in [-0.25, -0.2) is 0 Å². The second kappa shape index (κ2) is 8.86. The lowest BCUT2D eigenvalue weighted by Gasteiger charge is -2.45. The maximum Gasteiger partial charge on any atom is 0.253 e. The summed E-state index contributed by atoms with van der Waals surface area (Å²) in [5.74, 6) is 1.29. The van der Waals surface area contributed by atoms with Gasteiger partial charge in [-0.05, 0) is 37.3 Å². The minimum atomic E-state index is -0.301. The first-order valence-electron chi connectivity index (χ1n) is 11.2. The summed E-state index contributed by atoms with van der Waals surface area (Å²) in [6, 6.07) is 7.69. The van der Waals surface area contributed by atoms with Gasteiger partial charge in [-0.15, -0.1) is 0 Å². The summed E-state index contributed by atoms with van der Waals surface area (Å²) in [5, 5.41) is 3.71. The van der Waals surface area contributed by atoms with Gasteiger partial charge in [0.15, 0.2) is 0 Å². The zero-order valence-corrected chi connectivity index (χ0v) is 18.7. The Morgan fingerprint density at radius 3 is 2.34 bits per heavy atom. The van der Waals surface area contributed by atoms with E-state index in [0.29, 0.717) is 24.9 Å². The third kappa shape index (κ3) is 4.66. The zero-order valence-electron chi connectivity index (χ0n) is 18.7. The molecular formula is C24H37N3O2. The molecule has 29 heavy (non-hydrogen) atoms. The standard InChI is InChI=1S/C24H37N3O2/c1-6-18(4)16-27-23(29)21(15-17(2)3)25-24(27)11-13-26(14-12-24)22(28)20-9-7-19(5)8-10-20/h7-10,17-18,21,25H,6,11-16H2,1-5H3/t18-,21-/m0/s1. The van der Waals surface area contributed by atoms with Gasteiger partial charge < -0.3 is 9.80 Å². The molecule has 2 fully saturated rings. The highest BCUT2D eigenvalue weighted by molar-refractivity contribution is 5.94. The maximum absolute atomic E-state index is 13.2. The summed E-state index contributed by atoms with van der Waals surface area (Å²) in [7, 11) is 0. The molecule has 0 unspecified atom stereocenters. The molecule has 0 radical (unpaired) electrons. The molecule has 2 saturated heterocycles. The number of piperidine rings is 1. The summed E-state index contributed by atoms with van der Waals surface area (Å²) in [6.07, 6.45) is 3.51. The number of hydrogen-bond acceptors (Lipinski definition) is 3. The average molecular weight is 400 g/mol. The Morgan fingerprint density at radius 1 is 1.17 bits per heavy atom. The molecule has 1 N–H and O–H groups in total. The van der Waals surface area contributed by atoms with Crippen molar-refractivity contribution in [2.24, 2.45) is 11.8 Å². The van der Waals surface area contributed by atoms with Gasteiger partial charge in [-0.1, -0.05) is 51.8 Å². The first-order valence-corrected chi connectivity index (χ1v) is 11.2. The molecule has 5 nitrogen and oxygen atoms in total. The minimum Gasteiger partial charge on any atom is -0.338 e. The number of likely N-dealkylation sites (tertiary alicyclic amines) is 1. The van der Waals surface area contributed by atoms with Gasteiger partial charge in [0.25, 0.3) is 5.91 Å². The van der Waals surface area contributed by atoms with Crippen molar-refractivity contribution in [1.29, 1.82) is 0 Å². The topological polar surface area (TPSA) is 52.7 Å². The van der Waals surface area contributed by atoms with Crippen molar-refractivity contribution < 1.29 is 9.59 Å². The number of aryl methyl sites for hydroxylation is 1. The summed E-state index contributed by atoms with van der Waals surface area (Å²) in [6.45, 7) is 12.9. The van der Waals surface area contributed by atoms with Crippen LogP contribution >= 0.6 is 0 Å². The van der Waals surface area contributed by atoms with Crippen LogP contribution in [0.3, 0.4) is 0 Å². The first-order chi connectivity index (χ1) is 13.8. The fourth-order valence-electron chi connectivity index (χ4n) is 4.57.